The Morgan fingerprint density at radius 1 is 0.966 bits per heavy atom. The van der Waals surface area contributed by atoms with Crippen LogP contribution in [-0.2, 0) is 25.7 Å². The van der Waals surface area contributed by atoms with Crippen molar-refractivity contribution in [3.8, 4) is 0 Å². The number of esters is 2. The average molecular weight is 399 g/mol. The topological polar surface area (TPSA) is 76.7 Å². The van der Waals surface area contributed by atoms with Gasteiger partial charge >= 0.3 is 11.9 Å². The van der Waals surface area contributed by atoms with Gasteiger partial charge < -0.3 is 20.1 Å². The smallest absolute Gasteiger partial charge is 0.325 e. The molecular weight excluding hydrogens is 368 g/mol. The van der Waals surface area contributed by atoms with Gasteiger partial charge in [-0.25, -0.2) is 0 Å². The van der Waals surface area contributed by atoms with Crippen LogP contribution in [0.2, 0.25) is 0 Å². The average Bonchev–Trinajstić information content (AvgIpc) is 2.69. The molecule has 0 saturated carbocycles. The number of carbonyl (C=O) groups is 2. The molecule has 156 valence electrons. The predicted molar refractivity (Wildman–Crippen MR) is 113 cm³/mol. The molecule has 1 atom stereocenters. The van der Waals surface area contributed by atoms with Crippen molar-refractivity contribution in [1.82, 2.24) is 5.32 Å². The van der Waals surface area contributed by atoms with E-state index in [1.165, 1.54) is 0 Å². The van der Waals surface area contributed by atoms with E-state index in [-0.39, 0.29) is 37.6 Å². The van der Waals surface area contributed by atoms with Gasteiger partial charge in [0, 0.05) is 11.7 Å². The summed E-state index contributed by atoms with van der Waals surface area (Å²) in [5.41, 5.74) is 2.22. The number of nitrogens with one attached hydrogen (secondary N) is 2. The Morgan fingerprint density at radius 2 is 1.62 bits per heavy atom. The number of carbonyl (C=O) groups excluding carboxylic acids is 2. The van der Waals surface area contributed by atoms with E-state index in [4.69, 9.17) is 9.47 Å². The highest BCUT2D eigenvalue weighted by molar-refractivity contribution is 5.75. The van der Waals surface area contributed by atoms with Crippen LogP contribution in [0.25, 0.3) is 0 Å². The molecule has 0 fully saturated rings. The van der Waals surface area contributed by atoms with Crippen molar-refractivity contribution in [2.75, 3.05) is 18.9 Å². The van der Waals surface area contributed by atoms with Crippen molar-refractivity contribution >= 4 is 17.6 Å². The van der Waals surface area contributed by atoms with Crippen molar-refractivity contribution in [2.24, 2.45) is 0 Å². The first-order valence-corrected chi connectivity index (χ1v) is 9.69. The largest absolute Gasteiger partial charge is 0.460 e. The van der Waals surface area contributed by atoms with Gasteiger partial charge in [-0.3, -0.25) is 9.59 Å². The predicted octanol–water partition coefficient (Wildman–Crippen LogP) is 3.83. The Hall–Kier alpha value is -2.86. The van der Waals surface area contributed by atoms with Gasteiger partial charge in [0.1, 0.15) is 18.8 Å². The van der Waals surface area contributed by atoms with Gasteiger partial charge in [0.05, 0.1) is 6.42 Å². The lowest BCUT2D eigenvalue weighted by Crippen LogP contribution is -2.27. The van der Waals surface area contributed by atoms with Crippen LogP contribution < -0.4 is 10.6 Å². The minimum Gasteiger partial charge on any atom is -0.460 e. The van der Waals surface area contributed by atoms with Crippen molar-refractivity contribution < 1.29 is 19.1 Å². The highest BCUT2D eigenvalue weighted by Gasteiger charge is 2.20. The maximum absolute atomic E-state index is 12.1. The van der Waals surface area contributed by atoms with E-state index in [2.05, 4.69) is 10.6 Å². The Bertz CT molecular complexity index is 783. The quantitative estimate of drug-likeness (QED) is 0.625. The SMILES string of the molecule is CN[C@H](CC(=O)OC(C)(C)C)c1ccc(NCC(=O)OCc2ccccc2)cc1. The van der Waals surface area contributed by atoms with Crippen molar-refractivity contribution in [1.29, 1.82) is 0 Å². The summed E-state index contributed by atoms with van der Waals surface area (Å²) in [7, 11) is 1.81. The fourth-order valence-corrected chi connectivity index (χ4v) is 2.73. The van der Waals surface area contributed by atoms with Gasteiger partial charge in [0.2, 0.25) is 0 Å². The summed E-state index contributed by atoms with van der Waals surface area (Å²) in [6, 6.07) is 17.0. The molecule has 2 aromatic carbocycles. The zero-order chi connectivity index (χ0) is 21.3. The van der Waals surface area contributed by atoms with E-state index in [0.717, 1.165) is 16.8 Å². The molecule has 0 amide bonds. The molecule has 0 bridgehead atoms. The standard InChI is InChI=1S/C23H30N2O4/c1-23(2,3)29-21(26)14-20(24-4)18-10-12-19(13-11-18)25-15-22(27)28-16-17-8-6-5-7-9-17/h5-13,20,24-25H,14-16H2,1-4H3/t20-/m1/s1. The van der Waals surface area contributed by atoms with Gasteiger partial charge in [0.25, 0.3) is 0 Å². The zero-order valence-electron chi connectivity index (χ0n) is 17.5. The second kappa shape index (κ2) is 10.6. The summed E-state index contributed by atoms with van der Waals surface area (Å²) in [5, 5.41) is 6.19. The third-order valence-corrected chi connectivity index (χ3v) is 4.13. The van der Waals surface area contributed by atoms with E-state index < -0.39 is 5.60 Å². The van der Waals surface area contributed by atoms with Crippen molar-refractivity contribution in [3.05, 3.63) is 65.7 Å². The monoisotopic (exact) mass is 398 g/mol. The van der Waals surface area contributed by atoms with Crippen LogP contribution in [0, 0.1) is 0 Å². The molecule has 0 spiro atoms. The first kappa shape index (κ1) is 22.4. The number of hydrogen-bond donors (Lipinski definition) is 2. The molecule has 0 saturated heterocycles. The van der Waals surface area contributed by atoms with Gasteiger partial charge in [-0.05, 0) is 51.1 Å². The molecular formula is C23H30N2O4. The van der Waals surface area contributed by atoms with E-state index in [9.17, 15) is 9.59 Å². The number of ether oxygens (including phenoxy) is 2. The molecule has 0 aromatic heterocycles. The normalized spacial score (nSPS) is 12.1. The zero-order valence-corrected chi connectivity index (χ0v) is 17.5. The number of anilines is 1. The molecule has 29 heavy (non-hydrogen) atoms. The lowest BCUT2D eigenvalue weighted by Gasteiger charge is -2.22. The number of rotatable bonds is 9. The Labute approximate surface area is 172 Å². The van der Waals surface area contributed by atoms with Gasteiger partial charge in [-0.15, -0.1) is 0 Å². The van der Waals surface area contributed by atoms with Crippen molar-refractivity contribution in [3.63, 3.8) is 0 Å². The summed E-state index contributed by atoms with van der Waals surface area (Å²) in [4.78, 5) is 24.0. The summed E-state index contributed by atoms with van der Waals surface area (Å²) in [6.45, 7) is 5.90. The fraction of sp³-hybridized carbons (Fsp3) is 0.391. The number of hydrogen-bond acceptors (Lipinski definition) is 6. The molecule has 0 aliphatic carbocycles. The molecule has 0 heterocycles. The minimum atomic E-state index is -0.502. The van der Waals surface area contributed by atoms with Crippen LogP contribution in [0.5, 0.6) is 0 Å². The van der Waals surface area contributed by atoms with Crippen LogP contribution in [0.1, 0.15) is 44.4 Å². The summed E-state index contributed by atoms with van der Waals surface area (Å²) in [6.07, 6.45) is 0.242. The van der Waals surface area contributed by atoms with Gasteiger partial charge in [-0.1, -0.05) is 42.5 Å². The molecule has 2 rings (SSSR count). The van der Waals surface area contributed by atoms with Gasteiger partial charge in [0.15, 0.2) is 0 Å². The molecule has 0 unspecified atom stereocenters. The van der Waals surface area contributed by atoms with Crippen molar-refractivity contribution in [2.45, 2.75) is 45.4 Å². The fourth-order valence-electron chi connectivity index (χ4n) is 2.73. The molecule has 0 aliphatic rings. The third-order valence-electron chi connectivity index (χ3n) is 4.13. The minimum absolute atomic E-state index is 0.0829. The first-order chi connectivity index (χ1) is 13.8. The molecule has 6 nitrogen and oxygen atoms in total. The highest BCUT2D eigenvalue weighted by atomic mass is 16.6. The summed E-state index contributed by atoms with van der Waals surface area (Å²) < 4.78 is 10.6. The maximum Gasteiger partial charge on any atom is 0.325 e. The van der Waals surface area contributed by atoms with E-state index >= 15 is 0 Å². The summed E-state index contributed by atoms with van der Waals surface area (Å²) >= 11 is 0. The van der Waals surface area contributed by atoms with E-state index in [1.54, 1.807) is 0 Å². The lowest BCUT2D eigenvalue weighted by molar-refractivity contribution is -0.155. The molecule has 0 aliphatic heterocycles. The second-order valence-corrected chi connectivity index (χ2v) is 7.75. The number of benzene rings is 2. The van der Waals surface area contributed by atoms with E-state index in [0.29, 0.717) is 0 Å². The Morgan fingerprint density at radius 3 is 2.21 bits per heavy atom. The lowest BCUT2D eigenvalue weighted by atomic mass is 10.0. The molecule has 2 aromatic rings. The molecule has 6 heteroatoms. The van der Waals surface area contributed by atoms with Crippen LogP contribution in [-0.4, -0.2) is 31.1 Å². The summed E-state index contributed by atoms with van der Waals surface area (Å²) in [5.74, 6) is -0.573. The third kappa shape index (κ3) is 8.35. The van der Waals surface area contributed by atoms with Crippen LogP contribution in [0.4, 0.5) is 5.69 Å². The van der Waals surface area contributed by atoms with Crippen LogP contribution in [0.15, 0.2) is 54.6 Å². The maximum atomic E-state index is 12.1. The second-order valence-electron chi connectivity index (χ2n) is 7.75. The first-order valence-electron chi connectivity index (χ1n) is 9.69. The highest BCUT2D eigenvalue weighted by Crippen LogP contribution is 2.21. The molecule has 2 N–H and O–H groups in total. The Kier molecular flexibility index (Phi) is 8.21. The van der Waals surface area contributed by atoms with E-state index in [1.807, 2.05) is 82.4 Å². The van der Waals surface area contributed by atoms with Gasteiger partial charge in [-0.2, -0.15) is 0 Å². The molecule has 0 radical (unpaired) electrons. The Balaban J connectivity index is 1.82. The van der Waals surface area contributed by atoms with Crippen LogP contribution in [0.3, 0.4) is 0 Å². The van der Waals surface area contributed by atoms with Crippen LogP contribution >= 0.6 is 0 Å².